The van der Waals surface area contributed by atoms with Gasteiger partial charge in [-0.1, -0.05) is 0 Å². The molecule has 0 amide bonds. The quantitative estimate of drug-likeness (QED) is 0.763. The van der Waals surface area contributed by atoms with Gasteiger partial charge in [-0.2, -0.15) is 0 Å². The second-order valence-corrected chi connectivity index (χ2v) is 8.48. The Morgan fingerprint density at radius 1 is 1.31 bits per heavy atom. The van der Waals surface area contributed by atoms with Crippen molar-refractivity contribution in [3.05, 3.63) is 33.8 Å². The van der Waals surface area contributed by atoms with Crippen molar-refractivity contribution in [1.82, 2.24) is 9.71 Å². The summed E-state index contributed by atoms with van der Waals surface area (Å²) in [6.07, 6.45) is 1.04. The van der Waals surface area contributed by atoms with Crippen LogP contribution in [0.3, 0.4) is 0 Å². The van der Waals surface area contributed by atoms with Crippen LogP contribution in [0.5, 0.6) is 11.5 Å². The molecule has 0 radical (unpaired) electrons. The minimum atomic E-state index is -3.72. The number of hydrogen-bond donors (Lipinski definition) is 2. The Morgan fingerprint density at radius 3 is 2.73 bits per heavy atom. The van der Waals surface area contributed by atoms with E-state index in [0.717, 1.165) is 17.8 Å². The highest BCUT2D eigenvalue weighted by Gasteiger charge is 2.19. The number of aromatic carboxylic acids is 1. The van der Waals surface area contributed by atoms with E-state index in [9.17, 15) is 13.2 Å². The molecule has 0 aliphatic carbocycles. The highest BCUT2D eigenvalue weighted by Crippen LogP contribution is 2.31. The highest BCUT2D eigenvalue weighted by molar-refractivity contribution is 7.89. The lowest BCUT2D eigenvalue weighted by Crippen LogP contribution is -2.26. The third-order valence-electron chi connectivity index (χ3n) is 3.70. The molecule has 8 nitrogen and oxygen atoms in total. The van der Waals surface area contributed by atoms with Crippen molar-refractivity contribution >= 4 is 27.3 Å². The lowest BCUT2D eigenvalue weighted by Gasteiger charge is -2.10. The number of ether oxygens (including phenoxy) is 2. The predicted molar refractivity (Wildman–Crippen MR) is 94.8 cm³/mol. The number of carboxylic acid groups (broad SMARTS) is 1. The number of thiazole rings is 1. The van der Waals surface area contributed by atoms with Crippen LogP contribution in [-0.4, -0.2) is 44.2 Å². The maximum Gasteiger partial charge on any atom is 0.347 e. The largest absolute Gasteiger partial charge is 0.490 e. The van der Waals surface area contributed by atoms with Gasteiger partial charge in [0.15, 0.2) is 11.5 Å². The van der Waals surface area contributed by atoms with Gasteiger partial charge in [0, 0.05) is 25.5 Å². The number of sulfonamides is 1. The molecular formula is C16H18N2O6S2. The first-order chi connectivity index (χ1) is 12.4. The maximum atomic E-state index is 12.5. The number of aryl methyl sites for hydroxylation is 1. The molecule has 1 aliphatic heterocycles. The minimum absolute atomic E-state index is 0.0864. The Bertz CT molecular complexity index is 923. The lowest BCUT2D eigenvalue weighted by atomic mass is 10.3. The van der Waals surface area contributed by atoms with Crippen LogP contribution in [0.25, 0.3) is 0 Å². The number of nitrogens with one attached hydrogen (secondary N) is 1. The van der Waals surface area contributed by atoms with Crippen LogP contribution in [0.4, 0.5) is 0 Å². The van der Waals surface area contributed by atoms with Crippen LogP contribution in [0.15, 0.2) is 23.1 Å². The van der Waals surface area contributed by atoms with Crippen LogP contribution in [0.2, 0.25) is 0 Å². The summed E-state index contributed by atoms with van der Waals surface area (Å²) in [6, 6.07) is 4.49. The van der Waals surface area contributed by atoms with E-state index in [1.807, 2.05) is 0 Å². The normalized spacial score (nSPS) is 14.0. The van der Waals surface area contributed by atoms with Crippen LogP contribution in [-0.2, 0) is 16.4 Å². The summed E-state index contributed by atoms with van der Waals surface area (Å²) >= 11 is 1.05. The molecule has 2 heterocycles. The van der Waals surface area contributed by atoms with E-state index < -0.39 is 16.0 Å². The topological polar surface area (TPSA) is 115 Å². The van der Waals surface area contributed by atoms with Crippen molar-refractivity contribution in [2.75, 3.05) is 19.8 Å². The predicted octanol–water partition coefficient (Wildman–Crippen LogP) is 1.83. The fraction of sp³-hybridized carbons (Fsp3) is 0.375. The van der Waals surface area contributed by atoms with Gasteiger partial charge < -0.3 is 14.6 Å². The smallest absolute Gasteiger partial charge is 0.347 e. The van der Waals surface area contributed by atoms with Gasteiger partial charge in [-0.15, -0.1) is 11.3 Å². The van der Waals surface area contributed by atoms with Gasteiger partial charge in [0.2, 0.25) is 10.0 Å². The number of carboxylic acids is 1. The average Bonchev–Trinajstić information content (AvgIpc) is 2.81. The fourth-order valence-corrected chi connectivity index (χ4v) is 4.39. The molecule has 0 bridgehead atoms. The Morgan fingerprint density at radius 2 is 2.04 bits per heavy atom. The van der Waals surface area contributed by atoms with Crippen molar-refractivity contribution in [1.29, 1.82) is 0 Å². The van der Waals surface area contributed by atoms with Gasteiger partial charge in [-0.3, -0.25) is 0 Å². The van der Waals surface area contributed by atoms with Crippen molar-refractivity contribution < 1.29 is 27.8 Å². The van der Waals surface area contributed by atoms with E-state index in [4.69, 9.17) is 14.6 Å². The average molecular weight is 398 g/mol. The summed E-state index contributed by atoms with van der Waals surface area (Å²) in [7, 11) is -3.72. The van der Waals surface area contributed by atoms with E-state index in [1.165, 1.54) is 12.1 Å². The molecule has 0 unspecified atom stereocenters. The number of hydrogen-bond acceptors (Lipinski definition) is 7. The lowest BCUT2D eigenvalue weighted by molar-refractivity contribution is 0.0701. The van der Waals surface area contributed by atoms with Gasteiger partial charge in [0.1, 0.15) is 4.88 Å². The zero-order chi connectivity index (χ0) is 18.7. The zero-order valence-electron chi connectivity index (χ0n) is 14.0. The zero-order valence-corrected chi connectivity index (χ0v) is 15.7. The third-order valence-corrected chi connectivity index (χ3v) is 6.36. The number of fused-ring (bicyclic) bond motifs is 1. The molecule has 0 spiro atoms. The molecule has 3 rings (SSSR count). The summed E-state index contributed by atoms with van der Waals surface area (Å²) in [4.78, 5) is 15.4. The monoisotopic (exact) mass is 398 g/mol. The Hall–Kier alpha value is -2.17. The molecule has 0 saturated heterocycles. The molecule has 1 aliphatic rings. The molecule has 0 atom stereocenters. The Labute approximate surface area is 154 Å². The summed E-state index contributed by atoms with van der Waals surface area (Å²) in [5.41, 5.74) is 0.434. The second-order valence-electron chi connectivity index (χ2n) is 5.63. The second kappa shape index (κ2) is 7.60. The molecule has 0 fully saturated rings. The van der Waals surface area contributed by atoms with Crippen LogP contribution in [0.1, 0.15) is 26.8 Å². The number of carbonyl (C=O) groups is 1. The van der Waals surface area contributed by atoms with Gasteiger partial charge in [0.25, 0.3) is 0 Å². The first-order valence-electron chi connectivity index (χ1n) is 7.96. The molecule has 2 aromatic rings. The molecule has 140 valence electrons. The SMILES string of the molecule is Cc1nc(CCNS(=O)(=O)c2ccc3c(c2)OCCCO3)sc1C(=O)O. The number of aromatic nitrogens is 1. The van der Waals surface area contributed by atoms with Crippen LogP contribution < -0.4 is 14.2 Å². The molecule has 26 heavy (non-hydrogen) atoms. The maximum absolute atomic E-state index is 12.5. The van der Waals surface area contributed by atoms with Crippen LogP contribution >= 0.6 is 11.3 Å². The molecule has 2 N–H and O–H groups in total. The van der Waals surface area contributed by atoms with E-state index in [1.54, 1.807) is 13.0 Å². The van der Waals surface area contributed by atoms with E-state index in [-0.39, 0.29) is 16.3 Å². The fourth-order valence-electron chi connectivity index (χ4n) is 2.44. The van der Waals surface area contributed by atoms with Crippen molar-refractivity contribution in [2.45, 2.75) is 24.7 Å². The van der Waals surface area contributed by atoms with E-state index >= 15 is 0 Å². The summed E-state index contributed by atoms with van der Waals surface area (Å²) < 4.78 is 38.4. The summed E-state index contributed by atoms with van der Waals surface area (Å²) in [5.74, 6) is -0.0908. The number of benzene rings is 1. The number of nitrogens with zero attached hydrogens (tertiary/aromatic N) is 1. The first kappa shape index (κ1) is 18.6. The van der Waals surface area contributed by atoms with Gasteiger partial charge in [0.05, 0.1) is 28.8 Å². The summed E-state index contributed by atoms with van der Waals surface area (Å²) in [5, 5.41) is 9.61. The molecule has 10 heteroatoms. The molecular weight excluding hydrogens is 380 g/mol. The summed E-state index contributed by atoms with van der Waals surface area (Å²) in [6.45, 7) is 2.73. The number of rotatable bonds is 6. The first-order valence-corrected chi connectivity index (χ1v) is 10.3. The van der Waals surface area contributed by atoms with Gasteiger partial charge in [-0.25, -0.2) is 22.9 Å². The Kier molecular flexibility index (Phi) is 5.44. The van der Waals surface area contributed by atoms with Crippen molar-refractivity contribution in [2.24, 2.45) is 0 Å². The van der Waals surface area contributed by atoms with E-state index in [0.29, 0.717) is 41.8 Å². The van der Waals surface area contributed by atoms with Gasteiger partial charge in [-0.05, 0) is 19.1 Å². The third kappa shape index (κ3) is 4.14. The van der Waals surface area contributed by atoms with Crippen LogP contribution in [0, 0.1) is 6.92 Å². The van der Waals surface area contributed by atoms with Crippen molar-refractivity contribution in [3.63, 3.8) is 0 Å². The minimum Gasteiger partial charge on any atom is -0.490 e. The van der Waals surface area contributed by atoms with Crippen molar-refractivity contribution in [3.8, 4) is 11.5 Å². The highest BCUT2D eigenvalue weighted by atomic mass is 32.2. The standard InChI is InChI=1S/C16H18N2O6S2/c1-10-15(16(19)20)25-14(18-10)5-6-17-26(21,22)11-3-4-12-13(9-11)24-8-2-7-23-12/h3-4,9,17H,2,5-8H2,1H3,(H,19,20). The molecule has 1 aromatic heterocycles. The Balaban J connectivity index is 1.67. The van der Waals surface area contributed by atoms with Gasteiger partial charge >= 0.3 is 5.97 Å². The molecule has 1 aromatic carbocycles. The van der Waals surface area contributed by atoms with E-state index in [2.05, 4.69) is 9.71 Å². The molecule has 0 saturated carbocycles.